The zero-order valence-electron chi connectivity index (χ0n) is 15.9. The number of thioether (sulfide) groups is 2. The molecule has 0 atom stereocenters. The Hall–Kier alpha value is -2.24. The van der Waals surface area contributed by atoms with E-state index in [0.717, 1.165) is 0 Å². The molecular weight excluding hydrogens is 434 g/mol. The van der Waals surface area contributed by atoms with Gasteiger partial charge < -0.3 is 15.3 Å². The van der Waals surface area contributed by atoms with Gasteiger partial charge in [0.05, 0.1) is 22.1 Å². The topological polar surface area (TPSA) is 116 Å². The van der Waals surface area contributed by atoms with Gasteiger partial charge in [-0.3, -0.25) is 4.79 Å². The van der Waals surface area contributed by atoms with Crippen LogP contribution in [0.25, 0.3) is 11.5 Å². The summed E-state index contributed by atoms with van der Waals surface area (Å²) in [6.07, 6.45) is 0. The number of carbonyl (C=O) groups is 1. The highest BCUT2D eigenvalue weighted by molar-refractivity contribution is 8.00. The molecule has 0 aliphatic rings. The molecule has 3 rings (SSSR count). The first kappa shape index (κ1) is 21.5. The van der Waals surface area contributed by atoms with Crippen molar-refractivity contribution in [3.05, 3.63) is 35.1 Å². The quantitative estimate of drug-likeness (QED) is 0.385. The first-order valence-corrected chi connectivity index (χ1v) is 11.2. The molecule has 0 aliphatic carbocycles. The van der Waals surface area contributed by atoms with Gasteiger partial charge in [0.2, 0.25) is 16.2 Å². The average Bonchev–Trinajstić information content (AvgIpc) is 3.33. The fourth-order valence-electron chi connectivity index (χ4n) is 2.44. The molecule has 0 unspecified atom stereocenters. The summed E-state index contributed by atoms with van der Waals surface area (Å²) in [5, 5.41) is 13.6. The summed E-state index contributed by atoms with van der Waals surface area (Å²) in [7, 11) is 0. The molecule has 0 aliphatic heterocycles. The van der Waals surface area contributed by atoms with Gasteiger partial charge in [-0.25, -0.2) is 4.68 Å². The molecule has 2 N–H and O–H groups in total. The van der Waals surface area contributed by atoms with E-state index in [9.17, 15) is 4.79 Å². The molecule has 3 aromatic rings. The normalized spacial score (nSPS) is 11.0. The van der Waals surface area contributed by atoms with Gasteiger partial charge in [-0.2, -0.15) is 4.98 Å². The minimum atomic E-state index is 0.0381. The zero-order chi connectivity index (χ0) is 20.8. The zero-order valence-corrected chi connectivity index (χ0v) is 18.3. The van der Waals surface area contributed by atoms with E-state index in [1.165, 1.54) is 28.2 Å². The van der Waals surface area contributed by atoms with Crippen molar-refractivity contribution in [2.24, 2.45) is 0 Å². The second-order valence-electron chi connectivity index (χ2n) is 5.77. The summed E-state index contributed by atoms with van der Waals surface area (Å²) in [6, 6.07) is 7.25. The highest BCUT2D eigenvalue weighted by atomic mass is 35.5. The SMILES string of the molecule is CCN(CC)C(=O)CSc1nnc(SCc2noc(-c3ccccc3Cl)n2)n1N. The van der Waals surface area contributed by atoms with Gasteiger partial charge in [-0.15, -0.1) is 10.2 Å². The average molecular weight is 454 g/mol. The van der Waals surface area contributed by atoms with Gasteiger partial charge in [-0.1, -0.05) is 52.4 Å². The summed E-state index contributed by atoms with van der Waals surface area (Å²) in [4.78, 5) is 18.2. The Balaban J connectivity index is 1.58. The monoisotopic (exact) mass is 453 g/mol. The molecule has 154 valence electrons. The Kier molecular flexibility index (Phi) is 7.40. The predicted octanol–water partition coefficient (Wildman–Crippen LogP) is 2.95. The molecular formula is C17H20ClN7O2S2. The van der Waals surface area contributed by atoms with Crippen LogP contribution in [0.4, 0.5) is 0 Å². The van der Waals surface area contributed by atoms with Crippen LogP contribution in [-0.2, 0) is 10.5 Å². The second kappa shape index (κ2) is 9.99. The van der Waals surface area contributed by atoms with Gasteiger partial charge in [0.1, 0.15) is 0 Å². The fraction of sp³-hybridized carbons (Fsp3) is 0.353. The maximum Gasteiger partial charge on any atom is 0.259 e. The molecule has 0 saturated carbocycles. The third kappa shape index (κ3) is 5.22. The molecule has 2 heterocycles. The van der Waals surface area contributed by atoms with E-state index in [1.807, 2.05) is 32.0 Å². The van der Waals surface area contributed by atoms with Crippen molar-refractivity contribution < 1.29 is 9.32 Å². The number of nitrogen functional groups attached to an aromatic ring is 1. The number of halogens is 1. The van der Waals surface area contributed by atoms with Crippen LogP contribution in [0.15, 0.2) is 39.1 Å². The third-order valence-corrected chi connectivity index (χ3v) is 6.17. The van der Waals surface area contributed by atoms with Gasteiger partial charge in [0.15, 0.2) is 5.82 Å². The van der Waals surface area contributed by atoms with Gasteiger partial charge >= 0.3 is 0 Å². The molecule has 0 fully saturated rings. The van der Waals surface area contributed by atoms with E-state index in [0.29, 0.717) is 51.5 Å². The molecule has 0 bridgehead atoms. The first-order valence-electron chi connectivity index (χ1n) is 8.84. The molecule has 2 aromatic heterocycles. The van der Waals surface area contributed by atoms with Crippen molar-refractivity contribution in [2.45, 2.75) is 29.9 Å². The highest BCUT2D eigenvalue weighted by Crippen LogP contribution is 2.28. The lowest BCUT2D eigenvalue weighted by atomic mass is 10.2. The molecule has 29 heavy (non-hydrogen) atoms. The minimum Gasteiger partial charge on any atom is -0.343 e. The smallest absolute Gasteiger partial charge is 0.259 e. The maximum absolute atomic E-state index is 12.1. The van der Waals surface area contributed by atoms with E-state index in [-0.39, 0.29) is 11.7 Å². The van der Waals surface area contributed by atoms with Crippen molar-refractivity contribution >= 4 is 41.0 Å². The number of hydrogen-bond donors (Lipinski definition) is 1. The number of nitrogens with zero attached hydrogens (tertiary/aromatic N) is 6. The number of carbonyl (C=O) groups excluding carboxylic acids is 1. The maximum atomic E-state index is 12.1. The Bertz CT molecular complexity index is 974. The van der Waals surface area contributed by atoms with Crippen LogP contribution >= 0.6 is 35.1 Å². The summed E-state index contributed by atoms with van der Waals surface area (Å²) in [6.45, 7) is 5.24. The van der Waals surface area contributed by atoms with Crippen molar-refractivity contribution in [1.82, 2.24) is 29.9 Å². The van der Waals surface area contributed by atoms with Gasteiger partial charge in [0, 0.05) is 13.1 Å². The summed E-state index contributed by atoms with van der Waals surface area (Å²) in [5.74, 6) is 7.58. The Morgan fingerprint density at radius 2 is 1.90 bits per heavy atom. The third-order valence-electron chi connectivity index (χ3n) is 3.98. The summed E-state index contributed by atoms with van der Waals surface area (Å²) >= 11 is 8.73. The van der Waals surface area contributed by atoms with E-state index in [4.69, 9.17) is 22.0 Å². The van der Waals surface area contributed by atoms with Crippen molar-refractivity contribution in [2.75, 3.05) is 24.7 Å². The first-order chi connectivity index (χ1) is 14.0. The van der Waals surface area contributed by atoms with Crippen LogP contribution in [0, 0.1) is 0 Å². The van der Waals surface area contributed by atoms with Gasteiger partial charge in [-0.05, 0) is 26.0 Å². The van der Waals surface area contributed by atoms with Gasteiger partial charge in [0.25, 0.3) is 5.89 Å². The Morgan fingerprint density at radius 3 is 2.59 bits per heavy atom. The molecule has 9 nitrogen and oxygen atoms in total. The largest absolute Gasteiger partial charge is 0.343 e. The van der Waals surface area contributed by atoms with E-state index >= 15 is 0 Å². The number of aromatic nitrogens is 5. The lowest BCUT2D eigenvalue weighted by molar-refractivity contribution is -0.127. The van der Waals surface area contributed by atoms with Crippen LogP contribution in [0.2, 0.25) is 5.02 Å². The number of benzene rings is 1. The number of amides is 1. The van der Waals surface area contributed by atoms with E-state index in [1.54, 1.807) is 11.0 Å². The van der Waals surface area contributed by atoms with Crippen LogP contribution in [-0.4, -0.2) is 54.7 Å². The van der Waals surface area contributed by atoms with Crippen LogP contribution < -0.4 is 5.84 Å². The lowest BCUT2D eigenvalue weighted by Gasteiger charge is -2.17. The number of hydrogen-bond acceptors (Lipinski definition) is 9. The van der Waals surface area contributed by atoms with Crippen molar-refractivity contribution in [3.63, 3.8) is 0 Å². The van der Waals surface area contributed by atoms with Crippen LogP contribution in [0.3, 0.4) is 0 Å². The molecule has 0 saturated heterocycles. The molecule has 0 radical (unpaired) electrons. The molecule has 1 aromatic carbocycles. The molecule has 12 heteroatoms. The van der Waals surface area contributed by atoms with E-state index < -0.39 is 0 Å². The fourth-order valence-corrected chi connectivity index (χ4v) is 4.17. The van der Waals surface area contributed by atoms with Crippen molar-refractivity contribution in [3.8, 4) is 11.5 Å². The Morgan fingerprint density at radius 1 is 1.21 bits per heavy atom. The summed E-state index contributed by atoms with van der Waals surface area (Å²) < 4.78 is 6.65. The highest BCUT2D eigenvalue weighted by Gasteiger charge is 2.17. The van der Waals surface area contributed by atoms with Crippen molar-refractivity contribution in [1.29, 1.82) is 0 Å². The van der Waals surface area contributed by atoms with Crippen LogP contribution in [0.1, 0.15) is 19.7 Å². The minimum absolute atomic E-state index is 0.0381. The molecule has 1 amide bonds. The van der Waals surface area contributed by atoms with E-state index in [2.05, 4.69) is 20.3 Å². The standard InChI is InChI=1S/C17H20ClN7O2S2/c1-3-24(4-2)14(26)10-29-17-22-21-16(25(17)19)28-9-13-20-15(27-23-13)11-7-5-6-8-12(11)18/h5-8H,3-4,9-10,19H2,1-2H3. The van der Waals surface area contributed by atoms with Crippen LogP contribution in [0.5, 0.6) is 0 Å². The number of nitrogens with two attached hydrogens (primary N) is 1. The predicted molar refractivity (Wildman–Crippen MR) is 113 cm³/mol. The lowest BCUT2D eigenvalue weighted by Crippen LogP contribution is -2.32. The Labute approximate surface area is 181 Å². The number of rotatable bonds is 9. The second-order valence-corrected chi connectivity index (χ2v) is 8.07. The summed E-state index contributed by atoms with van der Waals surface area (Å²) in [5.41, 5.74) is 0.677. The molecule has 0 spiro atoms.